The van der Waals surface area contributed by atoms with Crippen LogP contribution in [0, 0.1) is 13.8 Å². The number of hydrogen-bond donors (Lipinski definition) is 1. The predicted molar refractivity (Wildman–Crippen MR) is 87.2 cm³/mol. The number of nitrogens with zero attached hydrogens (tertiary/aromatic N) is 3. The normalized spacial score (nSPS) is 13.0. The molecule has 0 amide bonds. The van der Waals surface area contributed by atoms with Crippen molar-refractivity contribution in [2.45, 2.75) is 31.2 Å². The molecule has 3 heterocycles. The number of thioether (sulfide) groups is 1. The van der Waals surface area contributed by atoms with E-state index in [1.807, 2.05) is 38.6 Å². The van der Waals surface area contributed by atoms with Crippen molar-refractivity contribution in [3.63, 3.8) is 0 Å². The van der Waals surface area contributed by atoms with Crippen molar-refractivity contribution >= 4 is 33.3 Å². The van der Waals surface area contributed by atoms with Crippen LogP contribution in [0.3, 0.4) is 0 Å². The lowest BCUT2D eigenvalue weighted by Gasteiger charge is -2.10. The van der Waals surface area contributed by atoms with Gasteiger partial charge in [0.1, 0.15) is 10.7 Å². The molecule has 0 saturated heterocycles. The van der Waals surface area contributed by atoms with Gasteiger partial charge in [-0.25, -0.2) is 9.97 Å². The lowest BCUT2D eigenvalue weighted by Crippen LogP contribution is -2.12. The van der Waals surface area contributed by atoms with Crippen molar-refractivity contribution in [1.82, 2.24) is 19.5 Å². The van der Waals surface area contributed by atoms with E-state index in [1.165, 1.54) is 0 Å². The maximum Gasteiger partial charge on any atom is 0.259 e. The second-order valence-corrected chi connectivity index (χ2v) is 7.51. The number of aromatic nitrogens is 4. The summed E-state index contributed by atoms with van der Waals surface area (Å²) >= 11 is 3.16. The van der Waals surface area contributed by atoms with Gasteiger partial charge >= 0.3 is 0 Å². The smallest absolute Gasteiger partial charge is 0.259 e. The first-order valence-electron chi connectivity index (χ1n) is 6.61. The molecular weight excluding hydrogens is 304 g/mol. The highest BCUT2D eigenvalue weighted by Crippen LogP contribution is 2.33. The van der Waals surface area contributed by atoms with Crippen LogP contribution in [0.25, 0.3) is 10.2 Å². The molecule has 0 fully saturated rings. The minimum absolute atomic E-state index is 0.0333. The Balaban J connectivity index is 2.01. The van der Waals surface area contributed by atoms with E-state index in [1.54, 1.807) is 29.3 Å². The molecule has 1 N–H and O–H groups in total. The molecule has 110 valence electrons. The first-order chi connectivity index (χ1) is 9.97. The van der Waals surface area contributed by atoms with Gasteiger partial charge in [0, 0.05) is 24.3 Å². The van der Waals surface area contributed by atoms with E-state index in [4.69, 9.17) is 0 Å². The highest BCUT2D eigenvalue weighted by molar-refractivity contribution is 7.99. The fraction of sp³-hybridized carbons (Fsp3) is 0.357. The minimum atomic E-state index is -0.0517. The number of fused-ring (bicyclic) bond motifs is 1. The Kier molecular flexibility index (Phi) is 3.62. The molecule has 0 aromatic carbocycles. The van der Waals surface area contributed by atoms with Crippen LogP contribution in [-0.2, 0) is 7.05 Å². The van der Waals surface area contributed by atoms with Gasteiger partial charge in [0.25, 0.3) is 5.56 Å². The van der Waals surface area contributed by atoms with E-state index in [0.29, 0.717) is 5.82 Å². The number of hydrogen-bond acceptors (Lipinski definition) is 5. The largest absolute Gasteiger partial charge is 0.329 e. The summed E-state index contributed by atoms with van der Waals surface area (Å²) in [4.78, 5) is 26.1. The third-order valence-electron chi connectivity index (χ3n) is 3.50. The van der Waals surface area contributed by atoms with Crippen molar-refractivity contribution in [2.24, 2.45) is 7.05 Å². The average molecular weight is 320 g/mol. The van der Waals surface area contributed by atoms with Crippen LogP contribution >= 0.6 is 23.1 Å². The number of imidazole rings is 1. The molecule has 3 aromatic rings. The SMILES string of the molecule is Cc1sc2nc([C@@H](C)Sc3nccn3C)[nH]c(=O)c2c1C. The first-order valence-corrected chi connectivity index (χ1v) is 8.31. The fourth-order valence-electron chi connectivity index (χ4n) is 2.14. The zero-order valence-electron chi connectivity index (χ0n) is 12.3. The van der Waals surface area contributed by atoms with Gasteiger partial charge in [0.2, 0.25) is 0 Å². The molecule has 3 rings (SSSR count). The van der Waals surface area contributed by atoms with Crippen LogP contribution in [0.2, 0.25) is 0 Å². The van der Waals surface area contributed by atoms with Crippen LogP contribution in [0.15, 0.2) is 22.3 Å². The molecule has 0 aliphatic heterocycles. The van der Waals surface area contributed by atoms with Gasteiger partial charge in [0.05, 0.1) is 10.6 Å². The lowest BCUT2D eigenvalue weighted by molar-refractivity contribution is 0.783. The van der Waals surface area contributed by atoms with Crippen molar-refractivity contribution in [2.75, 3.05) is 0 Å². The maximum atomic E-state index is 12.3. The molecule has 0 unspecified atom stereocenters. The molecule has 0 aliphatic carbocycles. The van der Waals surface area contributed by atoms with Crippen LogP contribution in [0.1, 0.15) is 28.4 Å². The molecule has 0 radical (unpaired) electrons. The Morgan fingerprint density at radius 1 is 1.43 bits per heavy atom. The van der Waals surface area contributed by atoms with Gasteiger partial charge in [-0.2, -0.15) is 0 Å². The van der Waals surface area contributed by atoms with Crippen molar-refractivity contribution < 1.29 is 0 Å². The lowest BCUT2D eigenvalue weighted by atomic mass is 10.2. The number of rotatable bonds is 3. The van der Waals surface area contributed by atoms with Gasteiger partial charge in [-0.15, -0.1) is 11.3 Å². The quantitative estimate of drug-likeness (QED) is 0.753. The molecule has 0 bridgehead atoms. The standard InChI is InChI=1S/C14H16N4OS2/c1-7-8(2)20-13-10(7)12(19)16-11(17-13)9(3)21-14-15-5-6-18(14)4/h5-6,9H,1-4H3,(H,16,17,19)/t9-/m1/s1. The number of aromatic amines is 1. The minimum Gasteiger partial charge on any atom is -0.329 e. The van der Waals surface area contributed by atoms with Crippen LogP contribution in [0.5, 0.6) is 0 Å². The molecule has 21 heavy (non-hydrogen) atoms. The molecule has 0 aliphatic rings. The van der Waals surface area contributed by atoms with Crippen molar-refractivity contribution in [3.8, 4) is 0 Å². The molecule has 7 heteroatoms. The van der Waals surface area contributed by atoms with Crippen molar-refractivity contribution in [1.29, 1.82) is 0 Å². The Bertz CT molecular complexity index is 862. The summed E-state index contributed by atoms with van der Waals surface area (Å²) in [6.45, 7) is 6.01. The van der Waals surface area contributed by atoms with E-state index < -0.39 is 0 Å². The summed E-state index contributed by atoms with van der Waals surface area (Å²) < 4.78 is 1.96. The van der Waals surface area contributed by atoms with E-state index in [-0.39, 0.29) is 10.8 Å². The van der Waals surface area contributed by atoms with E-state index in [0.717, 1.165) is 25.8 Å². The number of H-pyrrole nitrogens is 1. The van der Waals surface area contributed by atoms with E-state index in [9.17, 15) is 4.79 Å². The van der Waals surface area contributed by atoms with E-state index >= 15 is 0 Å². The second kappa shape index (κ2) is 5.31. The monoisotopic (exact) mass is 320 g/mol. The zero-order valence-corrected chi connectivity index (χ0v) is 13.9. The Morgan fingerprint density at radius 3 is 2.86 bits per heavy atom. The Labute approximate surface area is 130 Å². The molecular formula is C14H16N4OS2. The van der Waals surface area contributed by atoms with E-state index in [2.05, 4.69) is 15.0 Å². The molecule has 0 saturated carbocycles. The summed E-state index contributed by atoms with van der Waals surface area (Å²) in [7, 11) is 1.95. The van der Waals surface area contributed by atoms with Crippen LogP contribution in [-0.4, -0.2) is 19.5 Å². The highest BCUT2D eigenvalue weighted by atomic mass is 32.2. The summed E-state index contributed by atoms with van der Waals surface area (Å²) in [6.07, 6.45) is 3.67. The third-order valence-corrected chi connectivity index (χ3v) is 5.78. The van der Waals surface area contributed by atoms with Crippen molar-refractivity contribution in [3.05, 3.63) is 39.0 Å². The third kappa shape index (κ3) is 2.51. The summed E-state index contributed by atoms with van der Waals surface area (Å²) in [5, 5.41) is 1.66. The predicted octanol–water partition coefficient (Wildman–Crippen LogP) is 3.19. The van der Waals surface area contributed by atoms with Gasteiger partial charge in [-0.3, -0.25) is 4.79 Å². The molecule has 0 spiro atoms. The Morgan fingerprint density at radius 2 is 2.19 bits per heavy atom. The first kappa shape index (κ1) is 14.3. The topological polar surface area (TPSA) is 63.6 Å². The molecule has 3 aromatic heterocycles. The zero-order chi connectivity index (χ0) is 15.1. The highest BCUT2D eigenvalue weighted by Gasteiger charge is 2.17. The summed E-state index contributed by atoms with van der Waals surface area (Å²) in [6, 6.07) is 0. The van der Waals surface area contributed by atoms with Crippen LogP contribution < -0.4 is 5.56 Å². The van der Waals surface area contributed by atoms with Gasteiger partial charge in [-0.05, 0) is 26.3 Å². The second-order valence-electron chi connectivity index (χ2n) is 5.00. The maximum absolute atomic E-state index is 12.3. The van der Waals surface area contributed by atoms with Gasteiger partial charge in [0.15, 0.2) is 5.16 Å². The number of thiophene rings is 1. The number of nitrogens with one attached hydrogen (secondary N) is 1. The Hall–Kier alpha value is -1.60. The summed E-state index contributed by atoms with van der Waals surface area (Å²) in [5.74, 6) is 0.696. The van der Waals surface area contributed by atoms with Gasteiger partial charge in [-0.1, -0.05) is 11.8 Å². The fourth-order valence-corrected chi connectivity index (χ4v) is 4.07. The number of aryl methyl sites for hydroxylation is 3. The summed E-state index contributed by atoms with van der Waals surface area (Å²) in [5.41, 5.74) is 0.976. The molecule has 1 atom stereocenters. The molecule has 5 nitrogen and oxygen atoms in total. The average Bonchev–Trinajstić information content (AvgIpc) is 2.95. The van der Waals surface area contributed by atoms with Gasteiger partial charge < -0.3 is 9.55 Å². The van der Waals surface area contributed by atoms with Crippen LogP contribution in [0.4, 0.5) is 0 Å².